The molecule has 2 rings (SSSR count). The summed E-state index contributed by atoms with van der Waals surface area (Å²) in [6, 6.07) is 5.79. The van der Waals surface area contributed by atoms with Gasteiger partial charge in [0.15, 0.2) is 0 Å². The fourth-order valence-corrected chi connectivity index (χ4v) is 2.63. The van der Waals surface area contributed by atoms with Crippen LogP contribution in [-0.4, -0.2) is 40.5 Å². The predicted octanol–water partition coefficient (Wildman–Crippen LogP) is 3.18. The number of nitrogens with zero attached hydrogens (tertiary/aromatic N) is 2. The SMILES string of the molecule is CC(C)(C)OC(=O)N1CCCC(C(=O)Nc2cccc([N+](=O)[O-])c2)C1. The molecule has 1 fully saturated rings. The quantitative estimate of drug-likeness (QED) is 0.667. The molecule has 1 atom stereocenters. The predicted molar refractivity (Wildman–Crippen MR) is 92.3 cm³/mol. The molecule has 1 saturated heterocycles. The number of nitrogens with one attached hydrogen (secondary N) is 1. The van der Waals surface area contributed by atoms with Gasteiger partial charge in [-0.25, -0.2) is 4.79 Å². The first kappa shape index (κ1) is 18.7. The Morgan fingerprint density at radius 3 is 2.72 bits per heavy atom. The van der Waals surface area contributed by atoms with Gasteiger partial charge in [0.05, 0.1) is 10.8 Å². The van der Waals surface area contributed by atoms with E-state index in [0.717, 1.165) is 0 Å². The Morgan fingerprint density at radius 2 is 2.08 bits per heavy atom. The van der Waals surface area contributed by atoms with Gasteiger partial charge in [-0.2, -0.15) is 0 Å². The van der Waals surface area contributed by atoms with Crippen LogP contribution in [0.4, 0.5) is 16.2 Å². The normalized spacial score (nSPS) is 17.7. The number of anilines is 1. The third kappa shape index (κ3) is 5.44. The number of benzene rings is 1. The third-order valence-corrected chi connectivity index (χ3v) is 3.77. The minimum absolute atomic E-state index is 0.0863. The number of hydrogen-bond acceptors (Lipinski definition) is 5. The Labute approximate surface area is 146 Å². The maximum absolute atomic E-state index is 12.4. The van der Waals surface area contributed by atoms with Gasteiger partial charge in [-0.15, -0.1) is 0 Å². The Bertz CT molecular complexity index is 668. The number of piperidine rings is 1. The fourth-order valence-electron chi connectivity index (χ4n) is 2.63. The second-order valence-electron chi connectivity index (χ2n) is 7.06. The number of hydrogen-bond donors (Lipinski definition) is 1. The van der Waals surface area contributed by atoms with Gasteiger partial charge in [-0.05, 0) is 39.7 Å². The lowest BCUT2D eigenvalue weighted by Gasteiger charge is -2.33. The zero-order chi connectivity index (χ0) is 18.6. The highest BCUT2D eigenvalue weighted by atomic mass is 16.6. The van der Waals surface area contributed by atoms with Crippen LogP contribution >= 0.6 is 0 Å². The van der Waals surface area contributed by atoms with E-state index >= 15 is 0 Å². The number of carbonyl (C=O) groups excluding carboxylic acids is 2. The van der Waals surface area contributed by atoms with Crippen molar-refractivity contribution in [2.24, 2.45) is 5.92 Å². The van der Waals surface area contributed by atoms with E-state index in [9.17, 15) is 19.7 Å². The molecule has 0 spiro atoms. The lowest BCUT2D eigenvalue weighted by Crippen LogP contribution is -2.45. The summed E-state index contributed by atoms with van der Waals surface area (Å²) < 4.78 is 5.35. The molecule has 1 aliphatic heterocycles. The molecule has 1 heterocycles. The standard InChI is InChI=1S/C17H23N3O5/c1-17(2,3)25-16(22)19-9-5-6-12(11-19)15(21)18-13-7-4-8-14(10-13)20(23)24/h4,7-8,10,12H,5-6,9,11H2,1-3H3,(H,18,21). The summed E-state index contributed by atoms with van der Waals surface area (Å²) >= 11 is 0. The lowest BCUT2D eigenvalue weighted by atomic mass is 9.97. The van der Waals surface area contributed by atoms with E-state index in [1.807, 2.05) is 0 Å². The van der Waals surface area contributed by atoms with E-state index < -0.39 is 16.6 Å². The number of nitro groups is 1. The van der Waals surface area contributed by atoms with E-state index in [2.05, 4.69) is 5.32 Å². The number of nitro benzene ring substituents is 1. The molecule has 1 aliphatic rings. The van der Waals surface area contributed by atoms with Gasteiger partial charge in [0.2, 0.25) is 5.91 Å². The highest BCUT2D eigenvalue weighted by Gasteiger charge is 2.31. The second-order valence-corrected chi connectivity index (χ2v) is 7.06. The van der Waals surface area contributed by atoms with Gasteiger partial charge in [0, 0.05) is 30.9 Å². The second kappa shape index (κ2) is 7.50. The molecule has 0 aromatic heterocycles. The van der Waals surface area contributed by atoms with Crippen molar-refractivity contribution in [2.45, 2.75) is 39.2 Å². The van der Waals surface area contributed by atoms with E-state index in [4.69, 9.17) is 4.74 Å². The maximum Gasteiger partial charge on any atom is 0.410 e. The Hall–Kier alpha value is -2.64. The first-order valence-electron chi connectivity index (χ1n) is 8.19. The molecule has 0 aliphatic carbocycles. The summed E-state index contributed by atoms with van der Waals surface area (Å²) in [4.78, 5) is 36.4. The van der Waals surface area contributed by atoms with Gasteiger partial charge in [0.25, 0.3) is 5.69 Å². The number of rotatable bonds is 3. The smallest absolute Gasteiger partial charge is 0.410 e. The molecular formula is C17H23N3O5. The van der Waals surface area contributed by atoms with Crippen molar-refractivity contribution in [1.82, 2.24) is 4.90 Å². The average molecular weight is 349 g/mol. The van der Waals surface area contributed by atoms with Crippen LogP contribution in [0.1, 0.15) is 33.6 Å². The van der Waals surface area contributed by atoms with Crippen molar-refractivity contribution in [1.29, 1.82) is 0 Å². The minimum Gasteiger partial charge on any atom is -0.444 e. The Morgan fingerprint density at radius 1 is 1.36 bits per heavy atom. The maximum atomic E-state index is 12.4. The first-order valence-corrected chi connectivity index (χ1v) is 8.19. The van der Waals surface area contributed by atoms with Gasteiger partial charge >= 0.3 is 6.09 Å². The summed E-state index contributed by atoms with van der Waals surface area (Å²) in [6.45, 7) is 6.20. The zero-order valence-corrected chi connectivity index (χ0v) is 14.7. The van der Waals surface area contributed by atoms with Crippen LogP contribution in [0.2, 0.25) is 0 Å². The van der Waals surface area contributed by atoms with Gasteiger partial charge in [-0.3, -0.25) is 14.9 Å². The van der Waals surface area contributed by atoms with Gasteiger partial charge in [0.1, 0.15) is 5.60 Å². The third-order valence-electron chi connectivity index (χ3n) is 3.77. The number of amides is 2. The van der Waals surface area contributed by atoms with E-state index in [-0.39, 0.29) is 24.1 Å². The molecule has 1 N–H and O–H groups in total. The van der Waals surface area contributed by atoms with Crippen LogP contribution in [0.15, 0.2) is 24.3 Å². The highest BCUT2D eigenvalue weighted by Crippen LogP contribution is 2.22. The molecule has 8 nitrogen and oxygen atoms in total. The molecular weight excluding hydrogens is 326 g/mol. The van der Waals surface area contributed by atoms with Crippen LogP contribution in [-0.2, 0) is 9.53 Å². The molecule has 1 aromatic rings. The summed E-state index contributed by atoms with van der Waals surface area (Å²) in [5.41, 5.74) is -0.305. The van der Waals surface area contributed by atoms with Gasteiger partial charge < -0.3 is 15.0 Å². The first-order chi connectivity index (χ1) is 11.7. The van der Waals surface area contributed by atoms with E-state index in [1.165, 1.54) is 23.1 Å². The van der Waals surface area contributed by atoms with E-state index in [0.29, 0.717) is 25.1 Å². The van der Waals surface area contributed by atoms with Crippen molar-refractivity contribution in [3.8, 4) is 0 Å². The molecule has 1 unspecified atom stereocenters. The lowest BCUT2D eigenvalue weighted by molar-refractivity contribution is -0.384. The van der Waals surface area contributed by atoms with Crippen molar-refractivity contribution >= 4 is 23.4 Å². The monoisotopic (exact) mass is 349 g/mol. The molecule has 25 heavy (non-hydrogen) atoms. The summed E-state index contributed by atoms with van der Waals surface area (Å²) in [7, 11) is 0. The van der Waals surface area contributed by atoms with Crippen molar-refractivity contribution < 1.29 is 19.2 Å². The number of carbonyl (C=O) groups is 2. The van der Waals surface area contributed by atoms with Crippen LogP contribution < -0.4 is 5.32 Å². The number of non-ortho nitro benzene ring substituents is 1. The number of ether oxygens (including phenoxy) is 1. The molecule has 0 saturated carbocycles. The van der Waals surface area contributed by atoms with Crippen LogP contribution in [0.5, 0.6) is 0 Å². The largest absolute Gasteiger partial charge is 0.444 e. The molecule has 2 amide bonds. The number of likely N-dealkylation sites (tertiary alicyclic amines) is 1. The topological polar surface area (TPSA) is 102 Å². The molecule has 0 radical (unpaired) electrons. The fraction of sp³-hybridized carbons (Fsp3) is 0.529. The summed E-state index contributed by atoms with van der Waals surface area (Å²) in [6.07, 6.45) is 0.923. The highest BCUT2D eigenvalue weighted by molar-refractivity contribution is 5.93. The average Bonchev–Trinajstić information content (AvgIpc) is 2.53. The van der Waals surface area contributed by atoms with Crippen molar-refractivity contribution in [2.75, 3.05) is 18.4 Å². The van der Waals surface area contributed by atoms with Crippen LogP contribution in [0.3, 0.4) is 0 Å². The zero-order valence-electron chi connectivity index (χ0n) is 14.7. The Balaban J connectivity index is 1.98. The molecule has 8 heteroatoms. The minimum atomic E-state index is -0.588. The van der Waals surface area contributed by atoms with Crippen LogP contribution in [0.25, 0.3) is 0 Å². The van der Waals surface area contributed by atoms with Crippen molar-refractivity contribution in [3.05, 3.63) is 34.4 Å². The van der Waals surface area contributed by atoms with Crippen molar-refractivity contribution in [3.63, 3.8) is 0 Å². The molecule has 1 aromatic carbocycles. The van der Waals surface area contributed by atoms with E-state index in [1.54, 1.807) is 26.8 Å². The Kier molecular flexibility index (Phi) is 5.61. The summed E-state index contributed by atoms with van der Waals surface area (Å²) in [5, 5.41) is 13.5. The molecule has 0 bridgehead atoms. The van der Waals surface area contributed by atoms with Gasteiger partial charge in [-0.1, -0.05) is 6.07 Å². The summed E-state index contributed by atoms with van der Waals surface area (Å²) in [5.74, 6) is -0.630. The van der Waals surface area contributed by atoms with Crippen LogP contribution in [0, 0.1) is 16.0 Å². The molecule has 136 valence electrons.